The Hall–Kier alpha value is -4.06. The maximum Gasteiger partial charge on any atom is 0.275 e. The van der Waals surface area contributed by atoms with Gasteiger partial charge in [0.05, 0.1) is 32.5 Å². The lowest BCUT2D eigenvalue weighted by Gasteiger charge is -2.28. The minimum Gasteiger partial charge on any atom is -0.493 e. The van der Waals surface area contributed by atoms with Gasteiger partial charge < -0.3 is 14.8 Å². The molecule has 6 nitrogen and oxygen atoms in total. The summed E-state index contributed by atoms with van der Waals surface area (Å²) in [6, 6.07) is 25.2. The van der Waals surface area contributed by atoms with Gasteiger partial charge in [0, 0.05) is 23.4 Å². The Balaban J connectivity index is 1.74. The molecule has 1 atom stereocenters. The number of benzene rings is 3. The van der Waals surface area contributed by atoms with Crippen LogP contribution < -0.4 is 19.7 Å². The van der Waals surface area contributed by atoms with Gasteiger partial charge in [-0.1, -0.05) is 54.6 Å². The number of anilines is 1. The van der Waals surface area contributed by atoms with E-state index >= 15 is 0 Å². The number of amides is 1. The lowest BCUT2D eigenvalue weighted by molar-refractivity contribution is -0.115. The first-order chi connectivity index (χ1) is 16.2. The number of nitrogens with zero attached hydrogens (tertiary/aromatic N) is 2. The number of carbonyl (C=O) groups is 1. The smallest absolute Gasteiger partial charge is 0.275 e. The molecule has 0 unspecified atom stereocenters. The Labute approximate surface area is 193 Å². The highest BCUT2D eigenvalue weighted by Crippen LogP contribution is 2.44. The summed E-state index contributed by atoms with van der Waals surface area (Å²) in [6.07, 6.45) is 0. The van der Waals surface area contributed by atoms with Crippen molar-refractivity contribution in [2.75, 3.05) is 32.2 Å². The summed E-state index contributed by atoms with van der Waals surface area (Å²) >= 11 is 0. The Morgan fingerprint density at radius 2 is 1.61 bits per heavy atom. The molecule has 2 aliphatic heterocycles. The minimum absolute atomic E-state index is 0.0680. The van der Waals surface area contributed by atoms with Crippen molar-refractivity contribution in [2.24, 2.45) is 4.99 Å². The first-order valence-electron chi connectivity index (χ1n) is 10.9. The van der Waals surface area contributed by atoms with Crippen LogP contribution in [0.3, 0.4) is 0 Å². The van der Waals surface area contributed by atoms with Crippen molar-refractivity contribution in [1.29, 1.82) is 0 Å². The van der Waals surface area contributed by atoms with Crippen LogP contribution in [-0.4, -0.2) is 38.9 Å². The van der Waals surface area contributed by atoms with Crippen molar-refractivity contribution < 1.29 is 14.3 Å². The first-order valence-corrected chi connectivity index (χ1v) is 10.9. The summed E-state index contributed by atoms with van der Waals surface area (Å²) in [5, 5.41) is 3.36. The van der Waals surface area contributed by atoms with E-state index in [0.29, 0.717) is 30.3 Å². The second-order valence-corrected chi connectivity index (χ2v) is 7.84. The van der Waals surface area contributed by atoms with E-state index in [1.807, 2.05) is 83.8 Å². The van der Waals surface area contributed by atoms with E-state index in [4.69, 9.17) is 14.5 Å². The summed E-state index contributed by atoms with van der Waals surface area (Å²) in [7, 11) is 3.23. The molecule has 0 fully saturated rings. The highest BCUT2D eigenvalue weighted by atomic mass is 16.5. The molecule has 1 N–H and O–H groups in total. The summed E-state index contributed by atoms with van der Waals surface area (Å²) in [4.78, 5) is 20.6. The third kappa shape index (κ3) is 3.63. The zero-order valence-corrected chi connectivity index (χ0v) is 18.6. The molecule has 0 aromatic heterocycles. The fraction of sp³-hybridized carbons (Fsp3) is 0.185. The van der Waals surface area contributed by atoms with Crippen LogP contribution in [0, 0.1) is 0 Å². The van der Waals surface area contributed by atoms with Gasteiger partial charge in [-0.2, -0.15) is 0 Å². The van der Waals surface area contributed by atoms with Gasteiger partial charge in [-0.25, -0.2) is 0 Å². The van der Waals surface area contributed by atoms with Crippen molar-refractivity contribution in [3.8, 4) is 11.5 Å². The molecule has 33 heavy (non-hydrogen) atoms. The lowest BCUT2D eigenvalue weighted by atomic mass is 9.91. The van der Waals surface area contributed by atoms with Crippen LogP contribution in [0.4, 0.5) is 5.69 Å². The van der Waals surface area contributed by atoms with Crippen LogP contribution in [0.1, 0.15) is 17.2 Å². The second kappa shape index (κ2) is 8.82. The van der Waals surface area contributed by atoms with Crippen LogP contribution in [0.2, 0.25) is 0 Å². The molecule has 3 aromatic rings. The highest BCUT2D eigenvalue weighted by molar-refractivity contribution is 6.23. The quantitative estimate of drug-likeness (QED) is 0.649. The number of para-hydroxylation sites is 1. The molecule has 6 heteroatoms. The summed E-state index contributed by atoms with van der Waals surface area (Å²) in [5.41, 5.74) is 5.04. The van der Waals surface area contributed by atoms with Crippen molar-refractivity contribution in [2.45, 2.75) is 6.04 Å². The molecule has 0 saturated heterocycles. The zero-order valence-electron chi connectivity index (χ0n) is 18.6. The average molecular weight is 440 g/mol. The molecule has 166 valence electrons. The number of carbonyl (C=O) groups excluding carboxylic acids is 1. The predicted octanol–water partition coefficient (Wildman–Crippen LogP) is 4.14. The fourth-order valence-electron chi connectivity index (χ4n) is 4.51. The van der Waals surface area contributed by atoms with E-state index in [0.717, 1.165) is 28.1 Å². The Morgan fingerprint density at radius 3 is 2.30 bits per heavy atom. The maximum absolute atomic E-state index is 13.8. The monoisotopic (exact) mass is 439 g/mol. The molecule has 1 amide bonds. The third-order valence-corrected chi connectivity index (χ3v) is 5.98. The predicted molar refractivity (Wildman–Crippen MR) is 129 cm³/mol. The van der Waals surface area contributed by atoms with E-state index in [2.05, 4.69) is 5.32 Å². The van der Waals surface area contributed by atoms with Crippen LogP contribution >= 0.6 is 0 Å². The van der Waals surface area contributed by atoms with E-state index in [-0.39, 0.29) is 11.9 Å². The van der Waals surface area contributed by atoms with Gasteiger partial charge >= 0.3 is 0 Å². The number of ether oxygens (including phenoxy) is 2. The molecular formula is C27H25N3O3. The molecular weight excluding hydrogens is 414 g/mol. The van der Waals surface area contributed by atoms with Gasteiger partial charge in [-0.3, -0.25) is 14.7 Å². The molecule has 0 spiro atoms. The largest absolute Gasteiger partial charge is 0.493 e. The number of aliphatic imine (C=N–C) groups is 1. The van der Waals surface area contributed by atoms with E-state index in [1.165, 1.54) is 0 Å². The second-order valence-electron chi connectivity index (χ2n) is 7.84. The number of methoxy groups -OCH3 is 2. The standard InChI is InChI=1S/C27H25N3O3/c1-32-21-14-13-19(17-22(21)33-2)26-23-24(18-9-5-3-6-10-18)28-15-16-29-25(23)27(31)30(26)20-11-7-4-8-12-20/h3-14,17,26,29H,15-16H2,1-2H3/t26-/m0/s1. The zero-order chi connectivity index (χ0) is 22.8. The van der Waals surface area contributed by atoms with Crippen molar-refractivity contribution in [1.82, 2.24) is 5.32 Å². The molecule has 2 aliphatic rings. The number of rotatable bonds is 5. The molecule has 3 aromatic carbocycles. The van der Waals surface area contributed by atoms with Gasteiger partial charge in [0.2, 0.25) is 0 Å². The van der Waals surface area contributed by atoms with E-state index in [1.54, 1.807) is 14.2 Å². The Kier molecular flexibility index (Phi) is 5.57. The van der Waals surface area contributed by atoms with E-state index < -0.39 is 0 Å². The van der Waals surface area contributed by atoms with Crippen molar-refractivity contribution in [3.05, 3.63) is 101 Å². The average Bonchev–Trinajstić information content (AvgIpc) is 3.01. The first kappa shape index (κ1) is 20.8. The van der Waals surface area contributed by atoms with Crippen molar-refractivity contribution >= 4 is 17.3 Å². The van der Waals surface area contributed by atoms with E-state index in [9.17, 15) is 4.79 Å². The minimum atomic E-state index is -0.376. The van der Waals surface area contributed by atoms with Crippen LogP contribution in [0.5, 0.6) is 11.5 Å². The Morgan fingerprint density at radius 1 is 0.909 bits per heavy atom. The number of nitrogens with one attached hydrogen (secondary N) is 1. The lowest BCUT2D eigenvalue weighted by Crippen LogP contribution is -2.33. The molecule has 0 aliphatic carbocycles. The van der Waals surface area contributed by atoms with Gasteiger partial charge in [0.15, 0.2) is 11.5 Å². The highest BCUT2D eigenvalue weighted by Gasteiger charge is 2.44. The van der Waals surface area contributed by atoms with Gasteiger partial charge in [0.25, 0.3) is 5.91 Å². The fourth-order valence-corrected chi connectivity index (χ4v) is 4.51. The third-order valence-electron chi connectivity index (χ3n) is 5.98. The van der Waals surface area contributed by atoms with Crippen LogP contribution in [0.25, 0.3) is 0 Å². The van der Waals surface area contributed by atoms with Gasteiger partial charge in [0.1, 0.15) is 5.70 Å². The number of hydrogen-bond donors (Lipinski definition) is 1. The summed E-state index contributed by atoms with van der Waals surface area (Å²) in [5.74, 6) is 1.19. The molecule has 0 radical (unpaired) electrons. The molecule has 0 bridgehead atoms. The molecule has 0 saturated carbocycles. The number of hydrogen-bond acceptors (Lipinski definition) is 5. The van der Waals surface area contributed by atoms with Gasteiger partial charge in [-0.15, -0.1) is 0 Å². The SMILES string of the molecule is COc1ccc([C@H]2C3=C(NCCN=C3c3ccccc3)C(=O)N2c2ccccc2)cc1OC. The maximum atomic E-state index is 13.8. The summed E-state index contributed by atoms with van der Waals surface area (Å²) < 4.78 is 11.0. The summed E-state index contributed by atoms with van der Waals surface area (Å²) in [6.45, 7) is 1.19. The molecule has 2 heterocycles. The van der Waals surface area contributed by atoms with Gasteiger partial charge in [-0.05, 0) is 29.8 Å². The topological polar surface area (TPSA) is 63.2 Å². The van der Waals surface area contributed by atoms with Crippen molar-refractivity contribution in [3.63, 3.8) is 0 Å². The van der Waals surface area contributed by atoms with Crippen LogP contribution in [0.15, 0.2) is 95.1 Å². The van der Waals surface area contributed by atoms with Crippen LogP contribution in [-0.2, 0) is 4.79 Å². The normalized spacial score (nSPS) is 17.8. The molecule has 5 rings (SSSR count). The Bertz CT molecular complexity index is 1240.